The lowest BCUT2D eigenvalue weighted by Crippen LogP contribution is -2.71. The van der Waals surface area contributed by atoms with Crippen LogP contribution in [-0.4, -0.2) is 64.4 Å². The third kappa shape index (κ3) is 6.95. The van der Waals surface area contributed by atoms with Crippen molar-refractivity contribution in [1.82, 2.24) is 14.7 Å². The summed E-state index contributed by atoms with van der Waals surface area (Å²) in [6, 6.07) is 10.3. The number of aryl methyl sites for hydroxylation is 1. The molecule has 40 heavy (non-hydrogen) atoms. The normalized spacial score (nSPS) is 19.6. The van der Waals surface area contributed by atoms with Crippen LogP contribution in [0.4, 0.5) is 18.0 Å². The number of halogens is 4. The number of nitrogens with two attached hydrogens (primary N) is 1. The molecule has 0 aromatic heterocycles. The number of benzene rings is 2. The molecule has 0 radical (unpaired) electrons. The molecule has 4 rings (SSSR count). The van der Waals surface area contributed by atoms with Gasteiger partial charge in [-0.1, -0.05) is 39.7 Å². The SMILES string of the molecule is Cc1cc(COC(=O)N2CCC(=O)N3[C@@H]2CN(Cc2cccc(Br)c2)C(=O)[C@@H]3CCCCN)cc(C(F)(F)F)c1. The van der Waals surface area contributed by atoms with E-state index >= 15 is 0 Å². The number of alkyl halides is 3. The van der Waals surface area contributed by atoms with Gasteiger partial charge in [-0.05, 0) is 68.1 Å². The van der Waals surface area contributed by atoms with Gasteiger partial charge >= 0.3 is 12.3 Å². The lowest BCUT2D eigenvalue weighted by Gasteiger charge is -2.52. The highest BCUT2D eigenvalue weighted by Gasteiger charge is 2.48. The van der Waals surface area contributed by atoms with Crippen molar-refractivity contribution in [2.45, 2.75) is 64.1 Å². The van der Waals surface area contributed by atoms with E-state index in [1.54, 1.807) is 11.8 Å². The Kier molecular flexibility index (Phi) is 9.40. The van der Waals surface area contributed by atoms with Gasteiger partial charge in [0.25, 0.3) is 0 Å². The first kappa shape index (κ1) is 29.9. The molecule has 2 fully saturated rings. The fraction of sp³-hybridized carbons (Fsp3) is 0.464. The van der Waals surface area contributed by atoms with E-state index in [1.807, 2.05) is 24.3 Å². The lowest BCUT2D eigenvalue weighted by molar-refractivity contribution is -0.169. The fourth-order valence-electron chi connectivity index (χ4n) is 5.29. The summed E-state index contributed by atoms with van der Waals surface area (Å²) in [5.41, 5.74) is 6.32. The molecule has 0 unspecified atom stereocenters. The van der Waals surface area contributed by atoms with Crippen LogP contribution in [0.2, 0.25) is 0 Å². The summed E-state index contributed by atoms with van der Waals surface area (Å²) >= 11 is 3.44. The van der Waals surface area contributed by atoms with Gasteiger partial charge < -0.3 is 20.3 Å². The number of hydrogen-bond acceptors (Lipinski definition) is 5. The Morgan fingerprint density at radius 3 is 2.60 bits per heavy atom. The Labute approximate surface area is 239 Å². The first-order chi connectivity index (χ1) is 19.0. The predicted octanol–water partition coefficient (Wildman–Crippen LogP) is 4.81. The zero-order valence-corrected chi connectivity index (χ0v) is 23.7. The molecule has 3 amide bonds. The molecule has 2 N–H and O–H groups in total. The van der Waals surface area contributed by atoms with Gasteiger partial charge in [0.2, 0.25) is 11.8 Å². The molecule has 2 aromatic rings. The van der Waals surface area contributed by atoms with Gasteiger partial charge in [-0.25, -0.2) is 4.79 Å². The van der Waals surface area contributed by atoms with Gasteiger partial charge in [0.1, 0.15) is 18.8 Å². The third-order valence-electron chi connectivity index (χ3n) is 7.11. The topological polar surface area (TPSA) is 96.2 Å². The maximum absolute atomic E-state index is 13.6. The van der Waals surface area contributed by atoms with Gasteiger partial charge in [-0.2, -0.15) is 13.2 Å². The highest BCUT2D eigenvalue weighted by atomic mass is 79.9. The summed E-state index contributed by atoms with van der Waals surface area (Å²) in [5, 5.41) is 0. The van der Waals surface area contributed by atoms with E-state index in [1.165, 1.54) is 15.9 Å². The average Bonchev–Trinajstić information content (AvgIpc) is 2.89. The average molecular weight is 625 g/mol. The highest BCUT2D eigenvalue weighted by Crippen LogP contribution is 2.32. The number of amides is 3. The van der Waals surface area contributed by atoms with Crippen molar-refractivity contribution in [2.24, 2.45) is 5.73 Å². The van der Waals surface area contributed by atoms with Gasteiger partial charge in [-0.3, -0.25) is 14.5 Å². The Hall–Kier alpha value is -3.12. The van der Waals surface area contributed by atoms with Crippen molar-refractivity contribution < 1.29 is 32.3 Å². The zero-order chi connectivity index (χ0) is 29.0. The smallest absolute Gasteiger partial charge is 0.416 e. The van der Waals surface area contributed by atoms with Crippen LogP contribution in [0.3, 0.4) is 0 Å². The maximum atomic E-state index is 13.6. The molecule has 2 heterocycles. The highest BCUT2D eigenvalue weighted by molar-refractivity contribution is 9.10. The molecule has 2 aliphatic heterocycles. The third-order valence-corrected chi connectivity index (χ3v) is 7.60. The molecule has 2 saturated heterocycles. The number of ether oxygens (including phenoxy) is 1. The van der Waals surface area contributed by atoms with Gasteiger partial charge in [-0.15, -0.1) is 0 Å². The lowest BCUT2D eigenvalue weighted by atomic mass is 9.98. The number of fused-ring (bicyclic) bond motifs is 1. The molecule has 2 atom stereocenters. The summed E-state index contributed by atoms with van der Waals surface area (Å²) in [4.78, 5) is 44.5. The molecule has 0 bridgehead atoms. The molecule has 8 nitrogen and oxygen atoms in total. The minimum Gasteiger partial charge on any atom is -0.444 e. The summed E-state index contributed by atoms with van der Waals surface area (Å²) < 4.78 is 46.1. The summed E-state index contributed by atoms with van der Waals surface area (Å²) in [7, 11) is 0. The monoisotopic (exact) mass is 624 g/mol. The van der Waals surface area contributed by atoms with Gasteiger partial charge in [0.05, 0.1) is 12.1 Å². The van der Waals surface area contributed by atoms with Crippen LogP contribution >= 0.6 is 15.9 Å². The number of carbonyl (C=O) groups is 3. The Balaban J connectivity index is 1.56. The Morgan fingerprint density at radius 2 is 1.90 bits per heavy atom. The Morgan fingerprint density at radius 1 is 1.12 bits per heavy atom. The quantitative estimate of drug-likeness (QED) is 0.425. The standard InChI is InChI=1S/C28H32BrF3N4O4/c1-18-11-20(13-21(12-18)28(30,31)32)17-40-27(39)35-10-8-25(37)36-23(7-2-3-9-33)26(38)34(16-24(35)36)15-19-5-4-6-22(29)14-19/h4-6,11-14,23-24H,2-3,7-10,15-17,33H2,1H3/t23-,24+/m0/s1. The van der Waals surface area contributed by atoms with E-state index < -0.39 is 30.0 Å². The van der Waals surface area contributed by atoms with Crippen LogP contribution in [0.5, 0.6) is 0 Å². The van der Waals surface area contributed by atoms with Crippen molar-refractivity contribution in [1.29, 1.82) is 0 Å². The number of carbonyl (C=O) groups excluding carboxylic acids is 3. The first-order valence-corrected chi connectivity index (χ1v) is 13.9. The van der Waals surface area contributed by atoms with E-state index in [0.717, 1.165) is 22.2 Å². The minimum atomic E-state index is -4.52. The number of unbranched alkanes of at least 4 members (excludes halogenated alkanes) is 1. The van der Waals surface area contributed by atoms with E-state index in [-0.39, 0.29) is 50.0 Å². The first-order valence-electron chi connectivity index (χ1n) is 13.1. The molecule has 0 spiro atoms. The molecular weight excluding hydrogens is 593 g/mol. The molecule has 0 aliphatic carbocycles. The summed E-state index contributed by atoms with van der Waals surface area (Å²) in [6.45, 7) is 2.08. The second-order valence-corrected chi connectivity index (χ2v) is 11.0. The molecule has 0 saturated carbocycles. The molecular formula is C28H32BrF3N4O4. The largest absolute Gasteiger partial charge is 0.444 e. The maximum Gasteiger partial charge on any atom is 0.416 e. The van der Waals surface area contributed by atoms with E-state index in [0.29, 0.717) is 31.4 Å². The molecule has 2 aromatic carbocycles. The van der Waals surface area contributed by atoms with E-state index in [9.17, 15) is 27.6 Å². The van der Waals surface area contributed by atoms with E-state index in [2.05, 4.69) is 15.9 Å². The second-order valence-electron chi connectivity index (χ2n) is 10.1. The number of hydrogen-bond donors (Lipinski definition) is 1. The summed E-state index contributed by atoms with van der Waals surface area (Å²) in [5.74, 6) is -0.424. The predicted molar refractivity (Wildman–Crippen MR) is 145 cm³/mol. The van der Waals surface area contributed by atoms with Gasteiger partial charge in [0.15, 0.2) is 0 Å². The van der Waals surface area contributed by atoms with Crippen LogP contribution in [0.1, 0.15) is 47.9 Å². The fourth-order valence-corrected chi connectivity index (χ4v) is 5.74. The molecule has 216 valence electrons. The molecule has 12 heteroatoms. The number of piperazine rings is 1. The van der Waals surface area contributed by atoms with Crippen molar-refractivity contribution in [3.05, 3.63) is 69.2 Å². The van der Waals surface area contributed by atoms with Crippen molar-refractivity contribution in [2.75, 3.05) is 19.6 Å². The van der Waals surface area contributed by atoms with Crippen molar-refractivity contribution >= 4 is 33.8 Å². The molecule has 2 aliphatic rings. The Bertz CT molecular complexity index is 1260. The van der Waals surface area contributed by atoms with Crippen LogP contribution < -0.4 is 5.73 Å². The minimum absolute atomic E-state index is 0.0145. The summed E-state index contributed by atoms with van der Waals surface area (Å²) in [6.07, 6.45) is -4.30. The zero-order valence-electron chi connectivity index (χ0n) is 22.1. The van der Waals surface area contributed by atoms with Crippen molar-refractivity contribution in [3.63, 3.8) is 0 Å². The van der Waals surface area contributed by atoms with Crippen molar-refractivity contribution in [3.8, 4) is 0 Å². The van der Waals surface area contributed by atoms with Crippen LogP contribution in [0.25, 0.3) is 0 Å². The second kappa shape index (κ2) is 12.6. The van der Waals surface area contributed by atoms with Crippen LogP contribution in [-0.2, 0) is 33.7 Å². The number of rotatable bonds is 8. The van der Waals surface area contributed by atoms with E-state index in [4.69, 9.17) is 10.5 Å². The van der Waals surface area contributed by atoms with Crippen LogP contribution in [0, 0.1) is 6.92 Å². The van der Waals surface area contributed by atoms with Crippen LogP contribution in [0.15, 0.2) is 46.9 Å². The number of nitrogens with zero attached hydrogens (tertiary/aromatic N) is 3. The van der Waals surface area contributed by atoms with Gasteiger partial charge in [0, 0.05) is 24.0 Å².